The van der Waals surface area contributed by atoms with Crippen LogP contribution in [-0.4, -0.2) is 9.13 Å². The van der Waals surface area contributed by atoms with E-state index in [1.54, 1.807) is 0 Å². The Hall–Kier alpha value is -7.39. The van der Waals surface area contributed by atoms with Crippen LogP contribution in [0.4, 0.5) is 11.4 Å². The molecule has 0 saturated carbocycles. The van der Waals surface area contributed by atoms with Crippen molar-refractivity contribution in [2.24, 2.45) is 0 Å². The highest BCUT2D eigenvalue weighted by Gasteiger charge is 2.20. The average molecular weight is 636 g/mol. The Kier molecular flexibility index (Phi) is 6.56. The monoisotopic (exact) mass is 635 g/mol. The van der Waals surface area contributed by atoms with Crippen LogP contribution in [-0.2, 0) is 0 Å². The number of fused-ring (bicyclic) bond motifs is 6. The van der Waals surface area contributed by atoms with Crippen LogP contribution in [0, 0.1) is 24.5 Å². The van der Waals surface area contributed by atoms with Gasteiger partial charge in [-0.2, -0.15) is 5.26 Å². The Labute approximate surface area is 288 Å². The van der Waals surface area contributed by atoms with Crippen molar-refractivity contribution in [3.05, 3.63) is 180 Å². The van der Waals surface area contributed by atoms with E-state index in [4.69, 9.17) is 13.1 Å². The zero-order chi connectivity index (χ0) is 33.8. The van der Waals surface area contributed by atoms with Gasteiger partial charge in [0.05, 0.1) is 47.0 Å². The van der Waals surface area contributed by atoms with E-state index in [9.17, 15) is 5.26 Å². The minimum absolute atomic E-state index is 0.567. The van der Waals surface area contributed by atoms with Gasteiger partial charge in [-0.3, -0.25) is 0 Å². The average Bonchev–Trinajstić information content (AvgIpc) is 3.69. The first-order chi connectivity index (χ1) is 24.7. The quantitative estimate of drug-likeness (QED) is 0.177. The van der Waals surface area contributed by atoms with Gasteiger partial charge in [0, 0.05) is 32.7 Å². The summed E-state index contributed by atoms with van der Waals surface area (Å²) >= 11 is 0. The minimum atomic E-state index is 0.567. The second kappa shape index (κ2) is 11.4. The lowest BCUT2D eigenvalue weighted by molar-refractivity contribution is 1.18. The van der Waals surface area contributed by atoms with Gasteiger partial charge in [0.25, 0.3) is 0 Å². The maximum Gasteiger partial charge on any atom is 0.195 e. The van der Waals surface area contributed by atoms with Crippen molar-refractivity contribution in [1.82, 2.24) is 9.13 Å². The topological polar surface area (TPSA) is 42.4 Å². The molecule has 0 aliphatic rings. The van der Waals surface area contributed by atoms with Crippen molar-refractivity contribution < 1.29 is 0 Å². The number of hydrogen-bond acceptors (Lipinski definition) is 1. The summed E-state index contributed by atoms with van der Waals surface area (Å²) in [6.45, 7) is 15.9. The highest BCUT2D eigenvalue weighted by atomic mass is 15.0. The van der Waals surface area contributed by atoms with Crippen LogP contribution in [0.15, 0.2) is 152 Å². The predicted molar refractivity (Wildman–Crippen MR) is 203 cm³/mol. The Bertz CT molecular complexity index is 2960. The molecular formula is C45H25N5. The Morgan fingerprint density at radius 1 is 0.500 bits per heavy atom. The van der Waals surface area contributed by atoms with E-state index >= 15 is 0 Å². The molecule has 0 atom stereocenters. The summed E-state index contributed by atoms with van der Waals surface area (Å²) in [5.41, 5.74) is 11.6. The van der Waals surface area contributed by atoms with E-state index in [0.717, 1.165) is 77.2 Å². The normalized spacial score (nSPS) is 11.1. The second-order valence-corrected chi connectivity index (χ2v) is 12.2. The molecule has 0 aliphatic heterocycles. The largest absolute Gasteiger partial charge is 0.310 e. The molecule has 5 nitrogen and oxygen atoms in total. The van der Waals surface area contributed by atoms with Crippen LogP contribution in [0.25, 0.3) is 86.9 Å². The van der Waals surface area contributed by atoms with Gasteiger partial charge in [-0.15, -0.1) is 0 Å². The van der Waals surface area contributed by atoms with Gasteiger partial charge < -0.3 is 9.13 Å². The van der Waals surface area contributed by atoms with Crippen molar-refractivity contribution in [3.63, 3.8) is 0 Å². The van der Waals surface area contributed by atoms with Gasteiger partial charge in [-0.05, 0) is 76.9 Å². The first kappa shape index (κ1) is 28.8. The SMILES string of the molecule is [C-]#[N+]c1ccc2c3ccccc3n(-c3ccccc3-c3c([N+]#[C-])cccc3-c3ccc(-n4c5ccccc5c5cc(C#N)ccc54)cc3)c2c1. The highest BCUT2D eigenvalue weighted by molar-refractivity contribution is 6.11. The van der Waals surface area contributed by atoms with Crippen molar-refractivity contribution in [3.8, 4) is 39.7 Å². The molecule has 5 heteroatoms. The van der Waals surface area contributed by atoms with Crippen LogP contribution in [0.1, 0.15) is 5.56 Å². The van der Waals surface area contributed by atoms with E-state index in [2.05, 4.69) is 91.6 Å². The molecule has 9 aromatic rings. The molecular weight excluding hydrogens is 611 g/mol. The van der Waals surface area contributed by atoms with Crippen LogP contribution in [0.2, 0.25) is 0 Å². The molecule has 0 unspecified atom stereocenters. The van der Waals surface area contributed by atoms with Gasteiger partial charge in [0.1, 0.15) is 0 Å². The smallest absolute Gasteiger partial charge is 0.195 e. The van der Waals surface area contributed by atoms with Crippen molar-refractivity contribution >= 4 is 55.0 Å². The van der Waals surface area contributed by atoms with Crippen LogP contribution in [0.3, 0.4) is 0 Å². The molecule has 7 aromatic carbocycles. The van der Waals surface area contributed by atoms with Gasteiger partial charge in [-0.25, -0.2) is 9.69 Å². The summed E-state index contributed by atoms with van der Waals surface area (Å²) in [6, 6.07) is 53.2. The van der Waals surface area contributed by atoms with Crippen LogP contribution in [0.5, 0.6) is 0 Å². The molecule has 0 fully saturated rings. The summed E-state index contributed by atoms with van der Waals surface area (Å²) in [7, 11) is 0. The van der Waals surface area contributed by atoms with E-state index in [0.29, 0.717) is 16.9 Å². The number of nitriles is 1. The lowest BCUT2D eigenvalue weighted by Crippen LogP contribution is -1.98. The van der Waals surface area contributed by atoms with Crippen LogP contribution < -0.4 is 0 Å². The standard InChI is InChI=1S/C45H25N5/c1-47-31-21-24-36-34-10-3-7-16-41(34)50(44(36)27-31)42-17-8-5-12-37(42)45-33(13-9-14-39(45)48-2)30-19-22-32(23-20-30)49-40-15-6-4-11-35(40)38-26-29(28-46)18-25-43(38)49/h3-27H. The van der Waals surface area contributed by atoms with Gasteiger partial charge in [0.2, 0.25) is 0 Å². The van der Waals surface area contributed by atoms with Crippen LogP contribution >= 0.6 is 0 Å². The van der Waals surface area contributed by atoms with E-state index in [-0.39, 0.29) is 0 Å². The third-order valence-corrected chi connectivity index (χ3v) is 9.60. The molecule has 0 saturated heterocycles. The zero-order valence-corrected chi connectivity index (χ0v) is 26.7. The lowest BCUT2D eigenvalue weighted by Gasteiger charge is -2.18. The number of para-hydroxylation sites is 3. The molecule has 2 aromatic heterocycles. The zero-order valence-electron chi connectivity index (χ0n) is 26.7. The van der Waals surface area contributed by atoms with Crippen molar-refractivity contribution in [2.75, 3.05) is 0 Å². The fourth-order valence-corrected chi connectivity index (χ4v) is 7.44. The molecule has 0 amide bonds. The molecule has 0 N–H and O–H groups in total. The molecule has 2 heterocycles. The van der Waals surface area contributed by atoms with E-state index in [1.807, 2.05) is 84.9 Å². The van der Waals surface area contributed by atoms with Gasteiger partial charge in [0.15, 0.2) is 11.4 Å². The maximum absolute atomic E-state index is 9.57. The molecule has 0 aliphatic carbocycles. The summed E-state index contributed by atoms with van der Waals surface area (Å²) in [4.78, 5) is 7.76. The van der Waals surface area contributed by atoms with E-state index in [1.165, 1.54) is 0 Å². The molecule has 0 bridgehead atoms. The summed E-state index contributed by atoms with van der Waals surface area (Å²) in [5.74, 6) is 0. The number of nitrogens with zero attached hydrogens (tertiary/aromatic N) is 5. The molecule has 9 rings (SSSR count). The number of hydrogen-bond donors (Lipinski definition) is 0. The molecule has 0 radical (unpaired) electrons. The molecule has 0 spiro atoms. The first-order valence-corrected chi connectivity index (χ1v) is 16.2. The fourth-order valence-electron chi connectivity index (χ4n) is 7.44. The highest BCUT2D eigenvalue weighted by Crippen LogP contribution is 2.44. The Balaban J connectivity index is 1.24. The number of rotatable bonds is 4. The molecule has 230 valence electrons. The van der Waals surface area contributed by atoms with E-state index < -0.39 is 0 Å². The summed E-state index contributed by atoms with van der Waals surface area (Å²) in [5, 5.41) is 13.9. The number of benzene rings is 7. The Morgan fingerprint density at radius 3 is 1.92 bits per heavy atom. The minimum Gasteiger partial charge on any atom is -0.310 e. The second-order valence-electron chi connectivity index (χ2n) is 12.2. The predicted octanol–water partition coefficient (Wildman–Crippen LogP) is 12.2. The maximum atomic E-state index is 9.57. The van der Waals surface area contributed by atoms with Gasteiger partial charge in [-0.1, -0.05) is 97.1 Å². The number of aromatic nitrogens is 2. The third kappa shape index (κ3) is 4.31. The molecule has 50 heavy (non-hydrogen) atoms. The van der Waals surface area contributed by atoms with Gasteiger partial charge >= 0.3 is 0 Å². The lowest BCUT2D eigenvalue weighted by atomic mass is 9.92. The fraction of sp³-hybridized carbons (Fsp3) is 0. The van der Waals surface area contributed by atoms with Crippen molar-refractivity contribution in [1.29, 1.82) is 5.26 Å². The Morgan fingerprint density at radius 2 is 1.16 bits per heavy atom. The first-order valence-electron chi connectivity index (χ1n) is 16.2. The third-order valence-electron chi connectivity index (χ3n) is 9.60. The van der Waals surface area contributed by atoms with Crippen molar-refractivity contribution in [2.45, 2.75) is 0 Å². The summed E-state index contributed by atoms with van der Waals surface area (Å²) < 4.78 is 4.46. The summed E-state index contributed by atoms with van der Waals surface area (Å²) in [6.07, 6.45) is 0.